The van der Waals surface area contributed by atoms with Crippen molar-refractivity contribution in [3.63, 3.8) is 0 Å². The third-order valence-corrected chi connectivity index (χ3v) is 14.0. The third-order valence-electron chi connectivity index (χ3n) is 11.8. The fourth-order valence-electron chi connectivity index (χ4n) is 8.23. The number of benzene rings is 2. The number of hydrogen-bond acceptors (Lipinski definition) is 7. The summed E-state index contributed by atoms with van der Waals surface area (Å²) in [4.78, 5) is 30.9. The van der Waals surface area contributed by atoms with Crippen molar-refractivity contribution < 1.29 is 27.9 Å². The number of aryl methyl sites for hydroxylation is 1. The predicted octanol–water partition coefficient (Wildman–Crippen LogP) is 6.31. The molecule has 3 aliphatic heterocycles. The van der Waals surface area contributed by atoms with Gasteiger partial charge >= 0.3 is 0 Å². The van der Waals surface area contributed by atoms with Crippen molar-refractivity contribution in [2.45, 2.75) is 102 Å². The van der Waals surface area contributed by atoms with Crippen LogP contribution in [-0.4, -0.2) is 73.9 Å². The van der Waals surface area contributed by atoms with E-state index in [9.17, 15) is 23.1 Å². The Morgan fingerprint density at radius 1 is 1.08 bits per heavy atom. The molecule has 0 radical (unpaired) electrons. The Balaban J connectivity index is 1.38. The molecule has 0 aromatic heterocycles. The lowest BCUT2D eigenvalue weighted by Crippen LogP contribution is -2.54. The largest absolute Gasteiger partial charge is 0.491 e. The van der Waals surface area contributed by atoms with E-state index in [0.717, 1.165) is 57.3 Å². The number of amides is 2. The SMILES string of the molecule is CCCCc1cc(Cl)ccc1[C@@H]1COc2ccc3cc2N(C1)C[C@@H]1CC[C@H]1[C@@](O)(CC(=O)N1CCC1)CCC[C@H](C)[C@@H](C)S(=O)(=O)NC3=O. The molecule has 1 saturated heterocycles. The Kier molecular flexibility index (Phi) is 10.9. The lowest BCUT2D eigenvalue weighted by atomic mass is 9.62. The maximum atomic E-state index is 13.5. The van der Waals surface area contributed by atoms with E-state index >= 15 is 0 Å². The van der Waals surface area contributed by atoms with Crippen molar-refractivity contribution in [1.29, 1.82) is 0 Å². The number of rotatable bonds is 6. The minimum Gasteiger partial charge on any atom is -0.491 e. The molecule has 2 aromatic rings. The highest BCUT2D eigenvalue weighted by molar-refractivity contribution is 7.90. The number of halogens is 1. The number of anilines is 1. The normalized spacial score (nSPS) is 30.1. The molecule has 2 aromatic carbocycles. The average molecular weight is 714 g/mol. The van der Waals surface area contributed by atoms with Crippen molar-refractivity contribution in [3.05, 3.63) is 58.1 Å². The van der Waals surface area contributed by atoms with Crippen LogP contribution in [0.15, 0.2) is 36.4 Å². The van der Waals surface area contributed by atoms with Crippen LogP contribution in [0.2, 0.25) is 5.02 Å². The first-order valence-electron chi connectivity index (χ1n) is 18.2. The van der Waals surface area contributed by atoms with Gasteiger partial charge in [0, 0.05) is 42.7 Å². The molecule has 1 aliphatic carbocycles. The van der Waals surface area contributed by atoms with E-state index in [-0.39, 0.29) is 41.6 Å². The van der Waals surface area contributed by atoms with Crippen LogP contribution >= 0.6 is 11.6 Å². The molecular formula is C38H52ClN3O6S. The summed E-state index contributed by atoms with van der Waals surface area (Å²) >= 11 is 6.47. The first-order chi connectivity index (χ1) is 23.4. The molecule has 2 bridgehead atoms. The van der Waals surface area contributed by atoms with Gasteiger partial charge in [-0.3, -0.25) is 9.59 Å². The van der Waals surface area contributed by atoms with Gasteiger partial charge in [0.25, 0.3) is 5.91 Å². The lowest BCUT2D eigenvalue weighted by Gasteiger charge is -2.50. The van der Waals surface area contributed by atoms with Crippen molar-refractivity contribution in [1.82, 2.24) is 9.62 Å². The van der Waals surface area contributed by atoms with Gasteiger partial charge in [0.15, 0.2) is 0 Å². The summed E-state index contributed by atoms with van der Waals surface area (Å²) in [6.07, 6.45) is 7.42. The molecule has 268 valence electrons. The number of carbonyl (C=O) groups is 2. The summed E-state index contributed by atoms with van der Waals surface area (Å²) in [6, 6.07) is 11.2. The number of carbonyl (C=O) groups excluding carboxylic acids is 2. The highest BCUT2D eigenvalue weighted by Crippen LogP contribution is 2.48. The van der Waals surface area contributed by atoms with E-state index in [1.807, 2.05) is 17.9 Å². The molecule has 2 N–H and O–H groups in total. The molecular weight excluding hydrogens is 662 g/mol. The maximum absolute atomic E-state index is 13.5. The highest BCUT2D eigenvalue weighted by Gasteiger charge is 2.49. The predicted molar refractivity (Wildman–Crippen MR) is 193 cm³/mol. The average Bonchev–Trinajstić information content (AvgIpc) is 3.19. The molecule has 49 heavy (non-hydrogen) atoms. The summed E-state index contributed by atoms with van der Waals surface area (Å²) in [5, 5.41) is 12.3. The van der Waals surface area contributed by atoms with Crippen LogP contribution in [0.5, 0.6) is 5.75 Å². The fourth-order valence-corrected chi connectivity index (χ4v) is 9.73. The second-order valence-corrected chi connectivity index (χ2v) is 17.5. The fraction of sp³-hybridized carbons (Fsp3) is 0.632. The van der Waals surface area contributed by atoms with Gasteiger partial charge in [-0.15, -0.1) is 0 Å². The van der Waals surface area contributed by atoms with Crippen LogP contribution in [-0.2, 0) is 21.2 Å². The highest BCUT2D eigenvalue weighted by atomic mass is 35.5. The number of unbranched alkanes of at least 4 members (excludes halogenated alkanes) is 1. The second-order valence-electron chi connectivity index (χ2n) is 15.1. The molecule has 4 aliphatic rings. The lowest BCUT2D eigenvalue weighted by molar-refractivity contribution is -0.149. The van der Waals surface area contributed by atoms with Crippen LogP contribution < -0.4 is 14.4 Å². The summed E-state index contributed by atoms with van der Waals surface area (Å²) in [7, 11) is -3.98. The summed E-state index contributed by atoms with van der Waals surface area (Å²) in [5.74, 6) is -0.215. The van der Waals surface area contributed by atoms with Gasteiger partial charge in [0.2, 0.25) is 15.9 Å². The van der Waals surface area contributed by atoms with Crippen LogP contribution in [0.25, 0.3) is 0 Å². The van der Waals surface area contributed by atoms with Gasteiger partial charge in [-0.05, 0) is 111 Å². The van der Waals surface area contributed by atoms with Crippen LogP contribution in [0.4, 0.5) is 5.69 Å². The molecule has 3 heterocycles. The van der Waals surface area contributed by atoms with Crippen molar-refractivity contribution >= 4 is 39.1 Å². The number of nitrogens with one attached hydrogen (secondary N) is 1. The van der Waals surface area contributed by atoms with E-state index < -0.39 is 26.8 Å². The van der Waals surface area contributed by atoms with Crippen LogP contribution in [0.3, 0.4) is 0 Å². The van der Waals surface area contributed by atoms with E-state index in [4.69, 9.17) is 16.3 Å². The Morgan fingerprint density at radius 3 is 2.57 bits per heavy atom. The van der Waals surface area contributed by atoms with E-state index in [2.05, 4.69) is 28.7 Å². The minimum atomic E-state index is -3.98. The van der Waals surface area contributed by atoms with Crippen molar-refractivity contribution in [2.24, 2.45) is 17.8 Å². The van der Waals surface area contributed by atoms with Gasteiger partial charge < -0.3 is 19.6 Å². The quantitative estimate of drug-likeness (QED) is 0.360. The summed E-state index contributed by atoms with van der Waals surface area (Å²) < 4.78 is 35.6. The van der Waals surface area contributed by atoms with E-state index in [0.29, 0.717) is 49.7 Å². The first-order valence-corrected chi connectivity index (χ1v) is 20.2. The minimum absolute atomic E-state index is 0.00100. The molecule has 0 spiro atoms. The zero-order chi connectivity index (χ0) is 34.9. The van der Waals surface area contributed by atoms with Crippen LogP contribution in [0, 0.1) is 17.8 Å². The molecule has 2 amide bonds. The number of fused-ring (bicyclic) bond motifs is 2. The van der Waals surface area contributed by atoms with Crippen molar-refractivity contribution in [3.8, 4) is 5.75 Å². The molecule has 9 nitrogen and oxygen atoms in total. The Bertz CT molecular complexity index is 1650. The molecule has 0 unspecified atom stereocenters. The zero-order valence-corrected chi connectivity index (χ0v) is 30.7. The standard InChI is InChI=1S/C38H52ClN3O6S/c1-4-5-9-27-19-31(39)12-13-32(27)30-23-42-22-29-10-14-33(29)38(45,21-36(43)41-17-7-18-41)16-6-8-25(2)26(3)49(46,47)40-37(44)28-11-15-35(48-24-30)34(42)20-28/h11-13,15,19-20,25-26,29-30,33,45H,4-10,14,16-18,21-24H2,1-3H3,(H,40,44)/t25-,26+,29-,30-,33+,38-/m0/s1. The van der Waals surface area contributed by atoms with Gasteiger partial charge in [0.1, 0.15) is 5.75 Å². The van der Waals surface area contributed by atoms with Gasteiger partial charge in [-0.1, -0.05) is 44.4 Å². The van der Waals surface area contributed by atoms with E-state index in [1.54, 1.807) is 25.1 Å². The van der Waals surface area contributed by atoms with Crippen LogP contribution in [0.1, 0.15) is 106 Å². The van der Waals surface area contributed by atoms with Crippen molar-refractivity contribution in [2.75, 3.05) is 37.7 Å². The smallest absolute Gasteiger partial charge is 0.264 e. The Labute approximate surface area is 296 Å². The molecule has 6 rings (SSSR count). The molecule has 2 fully saturated rings. The topological polar surface area (TPSA) is 116 Å². The van der Waals surface area contributed by atoms with E-state index in [1.165, 1.54) is 11.1 Å². The molecule has 11 heteroatoms. The zero-order valence-electron chi connectivity index (χ0n) is 29.1. The number of nitrogens with zero attached hydrogens (tertiary/aromatic N) is 2. The Hall–Kier alpha value is -2.82. The summed E-state index contributed by atoms with van der Waals surface area (Å²) in [5.41, 5.74) is 2.19. The molecule has 1 saturated carbocycles. The molecule has 6 atom stereocenters. The Morgan fingerprint density at radius 2 is 1.88 bits per heavy atom. The third kappa shape index (κ3) is 7.76. The number of likely N-dealkylation sites (tertiary alicyclic amines) is 1. The first kappa shape index (κ1) is 36.0. The second kappa shape index (κ2) is 14.8. The van der Waals surface area contributed by atoms with Gasteiger partial charge in [-0.25, -0.2) is 13.1 Å². The summed E-state index contributed by atoms with van der Waals surface area (Å²) in [6.45, 7) is 8.81. The number of sulfonamides is 1. The number of hydrogen-bond donors (Lipinski definition) is 2. The monoisotopic (exact) mass is 713 g/mol. The van der Waals surface area contributed by atoms with Gasteiger partial charge in [0.05, 0.1) is 29.6 Å². The number of aliphatic hydroxyl groups is 1. The van der Waals surface area contributed by atoms with Gasteiger partial charge in [-0.2, -0.15) is 0 Å². The number of ether oxygens (including phenoxy) is 1. The maximum Gasteiger partial charge on any atom is 0.264 e.